The molecule has 1 aromatic rings. The molecule has 134 valence electrons. The molecular weight excluding hydrogens is 323 g/mol. The number of hydrogen-bond acceptors (Lipinski definition) is 3. The number of likely N-dealkylation sites (tertiary alicyclic amines) is 1. The fourth-order valence-electron chi connectivity index (χ4n) is 2.83. The van der Waals surface area contributed by atoms with E-state index in [2.05, 4.69) is 0 Å². The Morgan fingerprint density at radius 3 is 2.33 bits per heavy atom. The van der Waals surface area contributed by atoms with Crippen LogP contribution in [0.3, 0.4) is 0 Å². The number of aliphatic hydroxyl groups excluding tert-OH is 1. The van der Waals surface area contributed by atoms with Gasteiger partial charge in [-0.3, -0.25) is 4.79 Å². The highest BCUT2D eigenvalue weighted by atomic mass is 19.4. The van der Waals surface area contributed by atoms with Crippen LogP contribution in [0.1, 0.15) is 36.2 Å². The Balaban J connectivity index is 2.20. The van der Waals surface area contributed by atoms with Gasteiger partial charge in [-0.25, -0.2) is 0 Å². The minimum absolute atomic E-state index is 0.0986. The van der Waals surface area contributed by atoms with Crippen molar-refractivity contribution in [3.05, 3.63) is 35.4 Å². The molecule has 1 saturated heterocycles. The van der Waals surface area contributed by atoms with Crippen LogP contribution in [0.5, 0.6) is 0 Å². The molecule has 0 saturated carbocycles. The van der Waals surface area contributed by atoms with E-state index in [9.17, 15) is 23.1 Å². The van der Waals surface area contributed by atoms with Crippen molar-refractivity contribution >= 4 is 5.91 Å². The van der Waals surface area contributed by atoms with Crippen LogP contribution in [-0.4, -0.2) is 54.5 Å². The first-order valence-electron chi connectivity index (χ1n) is 7.73. The minimum atomic E-state index is -4.37. The topological polar surface area (TPSA) is 49.8 Å². The Morgan fingerprint density at radius 2 is 1.88 bits per heavy atom. The number of methoxy groups -OCH3 is 1. The predicted octanol–water partition coefficient (Wildman–Crippen LogP) is 2.75. The number of carbonyl (C=O) groups is 1. The zero-order valence-corrected chi connectivity index (χ0v) is 13.9. The molecule has 0 aromatic heterocycles. The Morgan fingerprint density at radius 1 is 1.29 bits per heavy atom. The molecule has 0 bridgehead atoms. The van der Waals surface area contributed by atoms with Gasteiger partial charge in [0.05, 0.1) is 24.2 Å². The molecule has 2 atom stereocenters. The SMILES string of the molecule is CO[C@H]1C[C@@H](CO)N(C(=O)c2ccc(C(C)(C)C(F)(F)F)cc2)C1. The maximum atomic E-state index is 13.1. The molecule has 0 unspecified atom stereocenters. The number of alkyl halides is 3. The Hall–Kier alpha value is -1.60. The predicted molar refractivity (Wildman–Crippen MR) is 82.8 cm³/mol. The smallest absolute Gasteiger partial charge is 0.394 e. The van der Waals surface area contributed by atoms with Gasteiger partial charge in [-0.05, 0) is 38.0 Å². The van der Waals surface area contributed by atoms with Gasteiger partial charge >= 0.3 is 6.18 Å². The molecule has 0 spiro atoms. The highest BCUT2D eigenvalue weighted by Crippen LogP contribution is 2.40. The molecule has 1 amide bonds. The number of ether oxygens (including phenoxy) is 1. The van der Waals surface area contributed by atoms with E-state index < -0.39 is 11.6 Å². The third kappa shape index (κ3) is 3.42. The first kappa shape index (κ1) is 18.7. The monoisotopic (exact) mass is 345 g/mol. The van der Waals surface area contributed by atoms with Gasteiger partial charge in [0, 0.05) is 19.2 Å². The third-order valence-electron chi connectivity index (χ3n) is 4.74. The maximum Gasteiger partial charge on any atom is 0.397 e. The summed E-state index contributed by atoms with van der Waals surface area (Å²) in [4.78, 5) is 14.1. The molecule has 7 heteroatoms. The van der Waals surface area contributed by atoms with Gasteiger partial charge in [-0.15, -0.1) is 0 Å². The largest absolute Gasteiger partial charge is 0.397 e. The molecule has 0 radical (unpaired) electrons. The molecular formula is C17H22F3NO3. The van der Waals surface area contributed by atoms with Crippen LogP contribution in [0.15, 0.2) is 24.3 Å². The summed E-state index contributed by atoms with van der Waals surface area (Å²) >= 11 is 0. The fraction of sp³-hybridized carbons (Fsp3) is 0.588. The van der Waals surface area contributed by atoms with E-state index in [1.54, 1.807) is 7.11 Å². The molecule has 1 N–H and O–H groups in total. The van der Waals surface area contributed by atoms with E-state index in [4.69, 9.17) is 4.74 Å². The van der Waals surface area contributed by atoms with Crippen LogP contribution in [0.25, 0.3) is 0 Å². The van der Waals surface area contributed by atoms with Crippen molar-refractivity contribution in [1.82, 2.24) is 4.90 Å². The van der Waals surface area contributed by atoms with E-state index in [1.807, 2.05) is 0 Å². The number of halogens is 3. The van der Waals surface area contributed by atoms with Crippen molar-refractivity contribution in [1.29, 1.82) is 0 Å². The van der Waals surface area contributed by atoms with Crippen molar-refractivity contribution in [2.75, 3.05) is 20.3 Å². The molecule has 1 aromatic carbocycles. The van der Waals surface area contributed by atoms with Gasteiger partial charge in [0.2, 0.25) is 0 Å². The lowest BCUT2D eigenvalue weighted by molar-refractivity contribution is -0.180. The summed E-state index contributed by atoms with van der Waals surface area (Å²) in [6.07, 6.45) is -3.98. The number of benzene rings is 1. The van der Waals surface area contributed by atoms with Crippen molar-refractivity contribution in [3.63, 3.8) is 0 Å². The summed E-state index contributed by atoms with van der Waals surface area (Å²) in [6, 6.07) is 5.13. The number of nitrogens with zero attached hydrogens (tertiary/aromatic N) is 1. The lowest BCUT2D eigenvalue weighted by Crippen LogP contribution is -2.38. The highest BCUT2D eigenvalue weighted by Gasteiger charge is 2.48. The van der Waals surface area contributed by atoms with Crippen molar-refractivity contribution in [3.8, 4) is 0 Å². The average molecular weight is 345 g/mol. The van der Waals surface area contributed by atoms with Gasteiger partial charge in [-0.2, -0.15) is 13.2 Å². The van der Waals surface area contributed by atoms with E-state index >= 15 is 0 Å². The summed E-state index contributed by atoms with van der Waals surface area (Å²) < 4.78 is 44.5. The lowest BCUT2D eigenvalue weighted by Gasteiger charge is -2.28. The third-order valence-corrected chi connectivity index (χ3v) is 4.74. The minimum Gasteiger partial charge on any atom is -0.394 e. The lowest BCUT2D eigenvalue weighted by atomic mass is 9.83. The van der Waals surface area contributed by atoms with Crippen molar-refractivity contribution in [2.24, 2.45) is 0 Å². The van der Waals surface area contributed by atoms with Crippen LogP contribution >= 0.6 is 0 Å². The second-order valence-corrected chi connectivity index (χ2v) is 6.59. The normalized spacial score (nSPS) is 22.0. The number of rotatable bonds is 4. The van der Waals surface area contributed by atoms with Crippen molar-refractivity contribution < 1.29 is 27.8 Å². The number of carbonyl (C=O) groups excluding carboxylic acids is 1. The average Bonchev–Trinajstić information content (AvgIpc) is 2.96. The summed E-state index contributed by atoms with van der Waals surface area (Å²) in [6.45, 7) is 2.39. The van der Waals surface area contributed by atoms with Crippen LogP contribution in [-0.2, 0) is 10.2 Å². The summed E-state index contributed by atoms with van der Waals surface area (Å²) in [5.74, 6) is -0.315. The number of aliphatic hydroxyl groups is 1. The number of amides is 1. The number of hydrogen-bond donors (Lipinski definition) is 1. The van der Waals surface area contributed by atoms with Gasteiger partial charge < -0.3 is 14.7 Å². The zero-order valence-electron chi connectivity index (χ0n) is 13.9. The molecule has 1 aliphatic rings. The van der Waals surface area contributed by atoms with Crippen LogP contribution in [0.2, 0.25) is 0 Å². The van der Waals surface area contributed by atoms with Gasteiger partial charge in [0.15, 0.2) is 0 Å². The molecule has 24 heavy (non-hydrogen) atoms. The van der Waals surface area contributed by atoms with Gasteiger partial charge in [0.25, 0.3) is 5.91 Å². The summed E-state index contributed by atoms with van der Waals surface area (Å²) in [5, 5.41) is 9.41. The first-order chi connectivity index (χ1) is 11.1. The first-order valence-corrected chi connectivity index (χ1v) is 7.73. The standard InChI is InChI=1S/C17H22F3NO3/c1-16(2,17(18,19)20)12-6-4-11(5-7-12)15(23)21-9-14(24-3)8-13(21)10-22/h4-7,13-14,22H,8-10H2,1-3H3/t13-,14-/m0/s1. The fourth-order valence-corrected chi connectivity index (χ4v) is 2.83. The highest BCUT2D eigenvalue weighted by molar-refractivity contribution is 5.94. The second kappa shape index (κ2) is 6.72. The van der Waals surface area contributed by atoms with Gasteiger partial charge in [-0.1, -0.05) is 12.1 Å². The quantitative estimate of drug-likeness (QED) is 0.913. The van der Waals surface area contributed by atoms with Crippen LogP contribution < -0.4 is 0 Å². The van der Waals surface area contributed by atoms with Crippen LogP contribution in [0.4, 0.5) is 13.2 Å². The maximum absolute atomic E-state index is 13.1. The van der Waals surface area contributed by atoms with Crippen molar-refractivity contribution in [2.45, 2.75) is 44.0 Å². The molecule has 1 heterocycles. The summed E-state index contributed by atoms with van der Waals surface area (Å²) in [7, 11) is 1.54. The second-order valence-electron chi connectivity index (χ2n) is 6.59. The molecule has 4 nitrogen and oxygen atoms in total. The Bertz CT molecular complexity index is 584. The molecule has 2 rings (SSSR count). The molecule has 1 aliphatic heterocycles. The Kier molecular flexibility index (Phi) is 5.25. The van der Waals surface area contributed by atoms with E-state index in [0.29, 0.717) is 18.5 Å². The zero-order chi connectivity index (χ0) is 18.1. The van der Waals surface area contributed by atoms with E-state index in [0.717, 1.165) is 13.8 Å². The van der Waals surface area contributed by atoms with Crippen LogP contribution in [0, 0.1) is 0 Å². The summed E-state index contributed by atoms with van der Waals surface area (Å²) in [5.41, 5.74) is -1.59. The van der Waals surface area contributed by atoms with Gasteiger partial charge in [0.1, 0.15) is 0 Å². The molecule has 1 fully saturated rings. The van der Waals surface area contributed by atoms with E-state index in [1.165, 1.54) is 29.2 Å². The molecule has 0 aliphatic carbocycles. The van der Waals surface area contributed by atoms with E-state index in [-0.39, 0.29) is 30.2 Å². The Labute approximate surface area is 139 Å².